The molecule has 0 N–H and O–H groups in total. The first-order valence-electron chi connectivity index (χ1n) is 6.06. The number of rotatable bonds is 0. The highest BCUT2D eigenvalue weighted by atomic mass is 32.2. The Hall–Kier alpha value is -0.380. The van der Waals surface area contributed by atoms with Gasteiger partial charge in [0, 0.05) is 22.6 Å². The summed E-state index contributed by atoms with van der Waals surface area (Å²) in [6.07, 6.45) is 4.79. The van der Waals surface area contributed by atoms with Crippen LogP contribution in [0, 0.1) is 0 Å². The van der Waals surface area contributed by atoms with Gasteiger partial charge in [0.2, 0.25) is 0 Å². The van der Waals surface area contributed by atoms with Gasteiger partial charge in [-0.05, 0) is 26.7 Å². The van der Waals surface area contributed by atoms with Crippen LogP contribution < -0.4 is 0 Å². The SMILES string of the molecule is COC(=O)N1CC(C)(C)SC2CCCCC21. The number of thioether (sulfide) groups is 1. The molecule has 0 aromatic carbocycles. The fourth-order valence-corrected chi connectivity index (χ4v) is 4.62. The van der Waals surface area contributed by atoms with Gasteiger partial charge in [0.15, 0.2) is 0 Å². The van der Waals surface area contributed by atoms with E-state index in [1.807, 2.05) is 4.90 Å². The minimum Gasteiger partial charge on any atom is -0.453 e. The highest BCUT2D eigenvalue weighted by Gasteiger charge is 2.43. The van der Waals surface area contributed by atoms with E-state index in [9.17, 15) is 4.79 Å². The lowest BCUT2D eigenvalue weighted by molar-refractivity contribution is 0.0870. The summed E-state index contributed by atoms with van der Waals surface area (Å²) in [7, 11) is 1.48. The van der Waals surface area contributed by atoms with Gasteiger partial charge >= 0.3 is 6.09 Å². The van der Waals surface area contributed by atoms with Crippen molar-refractivity contribution in [1.82, 2.24) is 4.90 Å². The number of hydrogen-bond donors (Lipinski definition) is 0. The van der Waals surface area contributed by atoms with Crippen molar-refractivity contribution >= 4 is 17.9 Å². The average Bonchev–Trinajstić information content (AvgIpc) is 2.25. The maximum absolute atomic E-state index is 11.8. The second-order valence-corrected chi connectivity index (χ2v) is 7.31. The number of amides is 1. The zero-order valence-electron chi connectivity index (χ0n) is 10.4. The number of nitrogens with zero attached hydrogens (tertiary/aromatic N) is 1. The molecule has 3 nitrogen and oxygen atoms in total. The Balaban J connectivity index is 2.16. The van der Waals surface area contributed by atoms with Crippen LogP contribution in [-0.4, -0.2) is 40.7 Å². The van der Waals surface area contributed by atoms with E-state index in [0.29, 0.717) is 11.3 Å². The summed E-state index contributed by atoms with van der Waals surface area (Å²) in [5.41, 5.74) is 0. The monoisotopic (exact) mass is 243 g/mol. The number of methoxy groups -OCH3 is 1. The zero-order valence-corrected chi connectivity index (χ0v) is 11.2. The molecule has 92 valence electrons. The van der Waals surface area contributed by atoms with Gasteiger partial charge in [-0.2, -0.15) is 0 Å². The van der Waals surface area contributed by atoms with E-state index in [1.54, 1.807) is 0 Å². The lowest BCUT2D eigenvalue weighted by atomic mass is 9.92. The van der Waals surface area contributed by atoms with Crippen LogP contribution in [-0.2, 0) is 4.74 Å². The first-order chi connectivity index (χ1) is 7.53. The molecular weight excluding hydrogens is 222 g/mol. The van der Waals surface area contributed by atoms with Crippen LogP contribution >= 0.6 is 11.8 Å². The van der Waals surface area contributed by atoms with Gasteiger partial charge in [0.25, 0.3) is 0 Å². The first-order valence-corrected chi connectivity index (χ1v) is 6.94. The summed E-state index contributed by atoms with van der Waals surface area (Å²) in [5, 5.41) is 0.608. The van der Waals surface area contributed by atoms with Gasteiger partial charge in [-0.25, -0.2) is 4.79 Å². The third-order valence-electron chi connectivity index (χ3n) is 3.50. The Bertz CT molecular complexity index is 280. The first kappa shape index (κ1) is 12.1. The molecule has 0 bridgehead atoms. The molecule has 1 saturated carbocycles. The van der Waals surface area contributed by atoms with Gasteiger partial charge in [0.05, 0.1) is 7.11 Å². The van der Waals surface area contributed by atoms with Crippen molar-refractivity contribution in [2.24, 2.45) is 0 Å². The summed E-state index contributed by atoms with van der Waals surface area (Å²) >= 11 is 2.05. The Morgan fingerprint density at radius 1 is 1.38 bits per heavy atom. The predicted molar refractivity (Wildman–Crippen MR) is 66.8 cm³/mol. The Labute approximate surface area is 102 Å². The summed E-state index contributed by atoms with van der Waals surface area (Å²) in [4.78, 5) is 13.8. The summed E-state index contributed by atoms with van der Waals surface area (Å²) in [5.74, 6) is 0. The summed E-state index contributed by atoms with van der Waals surface area (Å²) < 4.78 is 5.07. The standard InChI is InChI=1S/C12H21NO2S/c1-12(2)8-13(11(14)15-3)9-6-4-5-7-10(9)16-12/h9-10H,4-8H2,1-3H3. The Morgan fingerprint density at radius 2 is 2.06 bits per heavy atom. The van der Waals surface area contributed by atoms with Crippen LogP contribution in [0.5, 0.6) is 0 Å². The smallest absolute Gasteiger partial charge is 0.409 e. The van der Waals surface area contributed by atoms with Gasteiger partial charge in [-0.15, -0.1) is 11.8 Å². The van der Waals surface area contributed by atoms with Crippen molar-refractivity contribution in [2.45, 2.75) is 55.6 Å². The molecular formula is C12H21NO2S. The van der Waals surface area contributed by atoms with E-state index in [0.717, 1.165) is 13.0 Å². The largest absolute Gasteiger partial charge is 0.453 e. The van der Waals surface area contributed by atoms with Crippen molar-refractivity contribution in [3.8, 4) is 0 Å². The van der Waals surface area contributed by atoms with Crippen molar-refractivity contribution in [2.75, 3.05) is 13.7 Å². The van der Waals surface area contributed by atoms with Crippen molar-refractivity contribution in [3.63, 3.8) is 0 Å². The van der Waals surface area contributed by atoms with Gasteiger partial charge in [-0.1, -0.05) is 12.8 Å². The molecule has 0 aromatic heterocycles. The lowest BCUT2D eigenvalue weighted by Crippen LogP contribution is -2.56. The van der Waals surface area contributed by atoms with Crippen LogP contribution in [0.4, 0.5) is 4.79 Å². The molecule has 1 aliphatic carbocycles. The fraction of sp³-hybridized carbons (Fsp3) is 0.917. The minimum absolute atomic E-state index is 0.148. The summed E-state index contributed by atoms with van der Waals surface area (Å²) in [6, 6.07) is 0.402. The Morgan fingerprint density at radius 3 is 2.75 bits per heavy atom. The van der Waals surface area contributed by atoms with Crippen LogP contribution in [0.15, 0.2) is 0 Å². The molecule has 16 heavy (non-hydrogen) atoms. The Kier molecular flexibility index (Phi) is 3.38. The molecule has 1 heterocycles. The van der Waals surface area contributed by atoms with Gasteiger partial charge < -0.3 is 9.64 Å². The van der Waals surface area contributed by atoms with Crippen molar-refractivity contribution in [1.29, 1.82) is 0 Å². The molecule has 0 radical (unpaired) electrons. The molecule has 2 aliphatic rings. The molecule has 1 saturated heterocycles. The number of hydrogen-bond acceptors (Lipinski definition) is 3. The highest BCUT2D eigenvalue weighted by Crippen LogP contribution is 2.44. The lowest BCUT2D eigenvalue weighted by Gasteiger charge is -2.49. The van der Waals surface area contributed by atoms with Crippen molar-refractivity contribution in [3.05, 3.63) is 0 Å². The molecule has 4 heteroatoms. The van der Waals surface area contributed by atoms with E-state index >= 15 is 0 Å². The second kappa shape index (κ2) is 4.47. The molecule has 2 atom stereocenters. The van der Waals surface area contributed by atoms with Crippen LogP contribution in [0.2, 0.25) is 0 Å². The van der Waals surface area contributed by atoms with E-state index in [4.69, 9.17) is 4.74 Å². The zero-order chi connectivity index (χ0) is 11.8. The normalized spacial score (nSPS) is 33.1. The molecule has 1 aliphatic heterocycles. The molecule has 0 aromatic rings. The number of carbonyl (C=O) groups is 1. The minimum atomic E-state index is -0.148. The van der Waals surface area contributed by atoms with E-state index in [2.05, 4.69) is 25.6 Å². The molecule has 2 fully saturated rings. The van der Waals surface area contributed by atoms with E-state index in [1.165, 1.54) is 26.4 Å². The third-order valence-corrected chi connectivity index (χ3v) is 5.12. The van der Waals surface area contributed by atoms with Crippen LogP contribution in [0.1, 0.15) is 39.5 Å². The highest BCUT2D eigenvalue weighted by molar-refractivity contribution is 8.01. The van der Waals surface area contributed by atoms with Crippen molar-refractivity contribution < 1.29 is 9.53 Å². The maximum Gasteiger partial charge on any atom is 0.409 e. The van der Waals surface area contributed by atoms with E-state index in [-0.39, 0.29) is 10.8 Å². The number of carbonyl (C=O) groups excluding carboxylic acids is 1. The maximum atomic E-state index is 11.8. The number of ether oxygens (including phenoxy) is 1. The summed E-state index contributed by atoms with van der Waals surface area (Å²) in [6.45, 7) is 5.25. The average molecular weight is 243 g/mol. The molecule has 2 rings (SSSR count). The third kappa shape index (κ3) is 2.31. The van der Waals surface area contributed by atoms with Gasteiger partial charge in [0.1, 0.15) is 0 Å². The molecule has 2 unspecified atom stereocenters. The quantitative estimate of drug-likeness (QED) is 0.655. The molecule has 0 spiro atoms. The second-order valence-electron chi connectivity index (χ2n) is 5.37. The van der Waals surface area contributed by atoms with Crippen LogP contribution in [0.3, 0.4) is 0 Å². The van der Waals surface area contributed by atoms with Crippen LogP contribution in [0.25, 0.3) is 0 Å². The molecule has 1 amide bonds. The number of fused-ring (bicyclic) bond motifs is 1. The van der Waals surface area contributed by atoms with Gasteiger partial charge in [-0.3, -0.25) is 0 Å². The predicted octanol–water partition coefficient (Wildman–Crippen LogP) is 2.89. The topological polar surface area (TPSA) is 29.5 Å². The van der Waals surface area contributed by atoms with E-state index < -0.39 is 0 Å². The fourth-order valence-electron chi connectivity index (χ4n) is 2.86.